The number of rotatable bonds is 0. The molecule has 5 rings (SSSR count). The molecule has 4 heterocycles. The van der Waals surface area contributed by atoms with Crippen molar-refractivity contribution >= 4 is 0 Å². The van der Waals surface area contributed by atoms with E-state index in [0.717, 1.165) is 12.4 Å². The van der Waals surface area contributed by atoms with E-state index in [-0.39, 0.29) is 50.1 Å². The fraction of sp³-hybridized carbons (Fsp3) is 0.900. The van der Waals surface area contributed by atoms with Crippen molar-refractivity contribution in [3.05, 3.63) is 11.9 Å². The van der Waals surface area contributed by atoms with Crippen LogP contribution in [0.1, 0.15) is 25.7 Å². The molecule has 7 nitrogen and oxygen atoms in total. The number of hydrogen-bond acceptors (Lipinski definition) is 7. The lowest BCUT2D eigenvalue weighted by atomic mass is 9.79. The van der Waals surface area contributed by atoms with Gasteiger partial charge in [0.1, 0.15) is 12.0 Å². The molecular formula is C20H32F3N5O2. The molecule has 7 atom stereocenters. The van der Waals surface area contributed by atoms with Crippen LogP contribution in [0.15, 0.2) is 11.9 Å². The maximum Gasteiger partial charge on any atom is 0.267 e. The van der Waals surface area contributed by atoms with Crippen LogP contribution < -0.4 is 16.1 Å². The molecule has 0 amide bonds. The van der Waals surface area contributed by atoms with E-state index in [1.165, 1.54) is 0 Å². The third kappa shape index (κ3) is 4.04. The summed E-state index contributed by atoms with van der Waals surface area (Å²) in [6.07, 6.45) is 0.751. The van der Waals surface area contributed by atoms with Gasteiger partial charge in [-0.25, -0.2) is 18.2 Å². The van der Waals surface area contributed by atoms with Gasteiger partial charge in [-0.2, -0.15) is 0 Å². The van der Waals surface area contributed by atoms with Crippen LogP contribution in [0.5, 0.6) is 0 Å². The minimum atomic E-state index is -2.82. The first-order valence-corrected chi connectivity index (χ1v) is 11.2. The Morgan fingerprint density at radius 2 is 2.07 bits per heavy atom. The lowest BCUT2D eigenvalue weighted by Gasteiger charge is -2.44. The number of ether oxygens (including phenoxy) is 1. The van der Waals surface area contributed by atoms with Crippen molar-refractivity contribution in [1.29, 1.82) is 0 Å². The highest BCUT2D eigenvalue weighted by molar-refractivity contribution is 5.14. The van der Waals surface area contributed by atoms with Crippen LogP contribution >= 0.6 is 0 Å². The summed E-state index contributed by atoms with van der Waals surface area (Å²) in [5.74, 6) is -2.20. The maximum atomic E-state index is 14.6. The van der Waals surface area contributed by atoms with Crippen molar-refractivity contribution in [3.63, 3.8) is 0 Å². The number of fused-ring (bicyclic) bond motifs is 5. The van der Waals surface area contributed by atoms with E-state index < -0.39 is 24.2 Å². The van der Waals surface area contributed by atoms with Gasteiger partial charge in [0.2, 0.25) is 0 Å². The highest BCUT2D eigenvalue weighted by Gasteiger charge is 2.52. The van der Waals surface area contributed by atoms with Crippen molar-refractivity contribution in [3.8, 4) is 0 Å². The van der Waals surface area contributed by atoms with E-state index in [0.29, 0.717) is 32.5 Å². The summed E-state index contributed by atoms with van der Waals surface area (Å²) in [6, 6.07) is -0.486. The predicted molar refractivity (Wildman–Crippen MR) is 104 cm³/mol. The van der Waals surface area contributed by atoms with Gasteiger partial charge in [-0.3, -0.25) is 5.43 Å². The smallest absolute Gasteiger partial charge is 0.267 e. The number of β-amino-alcohol motifs (C(OH)–C–C–N with tert-alkyl or cyclic N) is 1. The Kier molecular flexibility index (Phi) is 5.64. The Bertz CT molecular complexity index is 668. The van der Waals surface area contributed by atoms with E-state index >= 15 is 0 Å². The molecule has 30 heavy (non-hydrogen) atoms. The molecule has 0 aromatic carbocycles. The molecule has 2 bridgehead atoms. The van der Waals surface area contributed by atoms with Gasteiger partial charge in [0.15, 0.2) is 0 Å². The molecule has 5 aliphatic rings. The van der Waals surface area contributed by atoms with Gasteiger partial charge in [0.05, 0.1) is 31.5 Å². The monoisotopic (exact) mass is 431 g/mol. The molecule has 0 aromatic heterocycles. The number of alkyl halides is 3. The average molecular weight is 432 g/mol. The molecule has 4 N–H and O–H groups in total. The molecule has 4 fully saturated rings. The van der Waals surface area contributed by atoms with E-state index in [1.807, 2.05) is 6.08 Å². The van der Waals surface area contributed by atoms with Crippen molar-refractivity contribution in [2.24, 2.45) is 11.8 Å². The highest BCUT2D eigenvalue weighted by Crippen LogP contribution is 2.43. The molecule has 3 saturated heterocycles. The van der Waals surface area contributed by atoms with Crippen LogP contribution in [0.2, 0.25) is 0 Å². The third-order valence-electron chi connectivity index (χ3n) is 7.29. The maximum absolute atomic E-state index is 14.6. The topological polar surface area (TPSA) is 72.0 Å². The van der Waals surface area contributed by atoms with Crippen molar-refractivity contribution in [1.82, 2.24) is 26.0 Å². The van der Waals surface area contributed by atoms with E-state index in [1.54, 1.807) is 4.90 Å². The Morgan fingerprint density at radius 3 is 2.93 bits per heavy atom. The fourth-order valence-electron chi connectivity index (χ4n) is 5.81. The zero-order valence-corrected chi connectivity index (χ0v) is 17.1. The standard InChI is InChI=1S/C20H32F3N5O2/c21-13-1-2-17-15(5-13)16-6-20(22,23)11-27(16)18-3-4-28-19(26-18)12(8-25-28)7-24-9-14(29)10-30-17/h3,12-17,19,24-26,29H,1-2,4-11H2/t12?,13?,14-,15?,16?,17?,19?/m0/s1. The average Bonchev–Trinajstić information content (AvgIpc) is 3.26. The van der Waals surface area contributed by atoms with Crippen LogP contribution in [-0.2, 0) is 4.74 Å². The number of aliphatic hydroxyl groups is 1. The van der Waals surface area contributed by atoms with Crippen molar-refractivity contribution < 1.29 is 23.0 Å². The molecule has 4 aliphatic heterocycles. The zero-order chi connectivity index (χ0) is 20.9. The summed E-state index contributed by atoms with van der Waals surface area (Å²) in [5, 5.41) is 19.2. The molecule has 0 spiro atoms. The first-order valence-electron chi connectivity index (χ1n) is 11.2. The second-order valence-electron chi connectivity index (χ2n) is 9.47. The van der Waals surface area contributed by atoms with Gasteiger partial charge in [0.25, 0.3) is 5.92 Å². The summed E-state index contributed by atoms with van der Waals surface area (Å²) < 4.78 is 49.6. The van der Waals surface area contributed by atoms with Crippen LogP contribution in [0, 0.1) is 11.8 Å². The fourth-order valence-corrected chi connectivity index (χ4v) is 5.81. The summed E-state index contributed by atoms with van der Waals surface area (Å²) >= 11 is 0. The van der Waals surface area contributed by atoms with E-state index in [9.17, 15) is 18.3 Å². The minimum Gasteiger partial charge on any atom is -0.389 e. The summed E-state index contributed by atoms with van der Waals surface area (Å²) in [5.41, 5.74) is 3.36. The van der Waals surface area contributed by atoms with Crippen molar-refractivity contribution in [2.75, 3.05) is 39.3 Å². The Morgan fingerprint density at radius 1 is 1.20 bits per heavy atom. The third-order valence-corrected chi connectivity index (χ3v) is 7.29. The number of halogens is 3. The minimum absolute atomic E-state index is 0.0141. The molecule has 1 saturated carbocycles. The second kappa shape index (κ2) is 8.12. The number of hydrazine groups is 1. The van der Waals surface area contributed by atoms with Crippen LogP contribution in [0.4, 0.5) is 13.2 Å². The van der Waals surface area contributed by atoms with Crippen LogP contribution in [-0.4, -0.2) is 90.9 Å². The highest BCUT2D eigenvalue weighted by atomic mass is 19.3. The molecular weight excluding hydrogens is 399 g/mol. The molecule has 1 aliphatic carbocycles. The summed E-state index contributed by atoms with van der Waals surface area (Å²) in [4.78, 5) is 1.77. The zero-order valence-electron chi connectivity index (χ0n) is 17.1. The van der Waals surface area contributed by atoms with Gasteiger partial charge in [-0.15, -0.1) is 0 Å². The van der Waals surface area contributed by atoms with Crippen LogP contribution in [0.3, 0.4) is 0 Å². The summed E-state index contributed by atoms with van der Waals surface area (Å²) in [7, 11) is 0. The number of nitrogens with one attached hydrogen (secondary N) is 3. The normalized spacial score (nSPS) is 44.5. The van der Waals surface area contributed by atoms with Gasteiger partial charge in [-0.1, -0.05) is 0 Å². The first-order chi connectivity index (χ1) is 14.4. The first kappa shape index (κ1) is 20.8. The number of aliphatic hydroxyl groups excluding tert-OH is 1. The lowest BCUT2D eigenvalue weighted by molar-refractivity contribution is -0.0772. The molecule has 10 heteroatoms. The summed E-state index contributed by atoms with van der Waals surface area (Å²) in [6.45, 7) is 2.27. The quantitative estimate of drug-likeness (QED) is 0.442. The molecule has 0 radical (unpaired) electrons. The number of nitrogens with zero attached hydrogens (tertiary/aromatic N) is 2. The van der Waals surface area contributed by atoms with Gasteiger partial charge in [0, 0.05) is 50.5 Å². The Labute approximate surface area is 174 Å². The van der Waals surface area contributed by atoms with E-state index in [4.69, 9.17) is 4.74 Å². The SMILES string of the molecule is O[C@H]1CNCC2CNN3CC=C(NC23)N2CC(F)(F)CC2C2CC(F)CCC2OC1. The molecule has 0 aromatic rings. The Balaban J connectivity index is 1.46. The second-order valence-corrected chi connectivity index (χ2v) is 9.47. The van der Waals surface area contributed by atoms with Crippen LogP contribution in [0.25, 0.3) is 0 Å². The van der Waals surface area contributed by atoms with Crippen molar-refractivity contribution in [2.45, 2.75) is 62.2 Å². The number of hydrogen-bond donors (Lipinski definition) is 4. The largest absolute Gasteiger partial charge is 0.389 e. The van der Waals surface area contributed by atoms with E-state index in [2.05, 4.69) is 21.1 Å². The lowest BCUT2D eigenvalue weighted by Crippen LogP contribution is -2.56. The van der Waals surface area contributed by atoms with Gasteiger partial charge < -0.3 is 25.4 Å². The molecule has 6 unspecified atom stereocenters. The predicted octanol–water partition coefficient (Wildman–Crippen LogP) is 0.391. The van der Waals surface area contributed by atoms with Gasteiger partial charge >= 0.3 is 0 Å². The Hall–Kier alpha value is -1.07. The van der Waals surface area contributed by atoms with Gasteiger partial charge in [-0.05, 0) is 25.3 Å². The molecule has 170 valence electrons.